The van der Waals surface area contributed by atoms with Crippen LogP contribution >= 0.6 is 23.6 Å². The third-order valence-electron chi connectivity index (χ3n) is 5.27. The van der Waals surface area contributed by atoms with Crippen molar-refractivity contribution >= 4 is 33.8 Å². The van der Waals surface area contributed by atoms with Gasteiger partial charge in [-0.3, -0.25) is 4.90 Å². The second kappa shape index (κ2) is 8.67. The van der Waals surface area contributed by atoms with Crippen molar-refractivity contribution in [1.29, 1.82) is 0 Å². The summed E-state index contributed by atoms with van der Waals surface area (Å²) in [5, 5.41) is 5.93. The first-order chi connectivity index (χ1) is 14.5. The average molecular weight is 440 g/mol. The quantitative estimate of drug-likeness (QED) is 0.362. The van der Waals surface area contributed by atoms with Crippen LogP contribution < -0.4 is 4.74 Å². The van der Waals surface area contributed by atoms with Crippen LogP contribution in [0, 0.1) is 4.77 Å². The molecule has 0 aliphatic rings. The van der Waals surface area contributed by atoms with E-state index in [1.807, 2.05) is 35.0 Å². The molecule has 4 rings (SSSR count). The number of nitrogens with zero attached hydrogens (tertiary/aromatic N) is 5. The maximum Gasteiger partial charge on any atom is 0.199 e. The lowest BCUT2D eigenvalue weighted by molar-refractivity contribution is 0.194. The van der Waals surface area contributed by atoms with Gasteiger partial charge >= 0.3 is 0 Å². The van der Waals surface area contributed by atoms with Crippen LogP contribution in [0.25, 0.3) is 21.6 Å². The second-order valence-electron chi connectivity index (χ2n) is 7.17. The third-order valence-corrected chi connectivity index (χ3v) is 6.91. The fourth-order valence-electron chi connectivity index (χ4n) is 3.36. The molecule has 2 aromatic heterocycles. The smallest absolute Gasteiger partial charge is 0.199 e. The molecule has 0 unspecified atom stereocenters. The zero-order valence-corrected chi connectivity index (χ0v) is 19.2. The van der Waals surface area contributed by atoms with Crippen LogP contribution in [-0.4, -0.2) is 38.4 Å². The maximum atomic E-state index is 5.73. The molecule has 30 heavy (non-hydrogen) atoms. The van der Waals surface area contributed by atoms with Crippen molar-refractivity contribution in [2.75, 3.05) is 14.2 Å². The largest absolute Gasteiger partial charge is 0.497 e. The molecule has 0 amide bonds. The summed E-state index contributed by atoms with van der Waals surface area (Å²) in [4.78, 5) is 7.03. The fraction of sp³-hybridized carbons (Fsp3) is 0.318. The van der Waals surface area contributed by atoms with Crippen molar-refractivity contribution in [2.45, 2.75) is 33.1 Å². The highest BCUT2D eigenvalue weighted by atomic mass is 32.1. The number of aromatic nitrogens is 4. The predicted molar refractivity (Wildman–Crippen MR) is 125 cm³/mol. The summed E-state index contributed by atoms with van der Waals surface area (Å²) >= 11 is 7.47. The SMILES string of the molecule is CCn1c(-c2ccc(OC)cc2)nn(CN(C)[C@H](C)c2nc3ccccc3s2)c1=S. The Morgan fingerprint density at radius 3 is 2.57 bits per heavy atom. The maximum absolute atomic E-state index is 5.73. The van der Waals surface area contributed by atoms with Crippen LogP contribution in [0.3, 0.4) is 0 Å². The normalized spacial score (nSPS) is 12.6. The highest BCUT2D eigenvalue weighted by Gasteiger charge is 2.19. The van der Waals surface area contributed by atoms with Crippen LogP contribution in [0.2, 0.25) is 0 Å². The second-order valence-corrected chi connectivity index (χ2v) is 8.60. The average Bonchev–Trinajstić information content (AvgIpc) is 3.34. The van der Waals surface area contributed by atoms with E-state index in [2.05, 4.69) is 48.6 Å². The molecule has 0 aliphatic carbocycles. The Morgan fingerprint density at radius 1 is 1.17 bits per heavy atom. The number of thiazole rings is 1. The molecule has 6 nitrogen and oxygen atoms in total. The molecular formula is C22H25N5OS2. The van der Waals surface area contributed by atoms with Gasteiger partial charge in [-0.2, -0.15) is 5.10 Å². The highest BCUT2D eigenvalue weighted by molar-refractivity contribution is 7.71. The first-order valence-corrected chi connectivity index (χ1v) is 11.1. The Bertz CT molecular complexity index is 1180. The number of hydrogen-bond donors (Lipinski definition) is 0. The summed E-state index contributed by atoms with van der Waals surface area (Å²) in [5.74, 6) is 1.69. The minimum atomic E-state index is 0.153. The minimum Gasteiger partial charge on any atom is -0.497 e. The zero-order valence-electron chi connectivity index (χ0n) is 17.6. The number of para-hydroxylation sites is 1. The Balaban J connectivity index is 1.60. The van der Waals surface area contributed by atoms with Crippen LogP contribution in [0.5, 0.6) is 5.75 Å². The number of rotatable bonds is 7. The number of fused-ring (bicyclic) bond motifs is 1. The molecule has 8 heteroatoms. The Morgan fingerprint density at radius 2 is 1.90 bits per heavy atom. The number of ether oxygens (including phenoxy) is 1. The van der Waals surface area contributed by atoms with E-state index in [1.54, 1.807) is 18.4 Å². The van der Waals surface area contributed by atoms with Gasteiger partial charge in [0, 0.05) is 12.1 Å². The van der Waals surface area contributed by atoms with E-state index in [0.717, 1.165) is 34.2 Å². The van der Waals surface area contributed by atoms with Gasteiger partial charge in [0.15, 0.2) is 10.6 Å². The number of hydrogen-bond acceptors (Lipinski definition) is 6. The van der Waals surface area contributed by atoms with Gasteiger partial charge in [-0.15, -0.1) is 11.3 Å². The molecule has 0 spiro atoms. The number of benzene rings is 2. The van der Waals surface area contributed by atoms with Crippen LogP contribution in [0.4, 0.5) is 0 Å². The molecule has 1 atom stereocenters. The van der Waals surface area contributed by atoms with E-state index in [1.165, 1.54) is 4.70 Å². The lowest BCUT2D eigenvalue weighted by atomic mass is 10.2. The fourth-order valence-corrected chi connectivity index (χ4v) is 4.76. The van der Waals surface area contributed by atoms with Gasteiger partial charge < -0.3 is 9.30 Å². The van der Waals surface area contributed by atoms with Crippen molar-refractivity contribution in [1.82, 2.24) is 24.2 Å². The topological polar surface area (TPSA) is 48.1 Å². The molecule has 0 saturated carbocycles. The van der Waals surface area contributed by atoms with E-state index >= 15 is 0 Å². The van der Waals surface area contributed by atoms with Gasteiger partial charge in [0.25, 0.3) is 0 Å². The van der Waals surface area contributed by atoms with E-state index < -0.39 is 0 Å². The first kappa shape index (κ1) is 20.7. The summed E-state index contributed by atoms with van der Waals surface area (Å²) < 4.78 is 11.1. The molecule has 0 saturated heterocycles. The minimum absolute atomic E-state index is 0.153. The standard InChI is InChI=1S/C22H25N5OS2/c1-5-26-20(16-10-12-17(28-4)13-11-16)24-27(22(26)29)14-25(3)15(2)21-23-18-8-6-7-9-19(18)30-21/h6-13,15H,5,14H2,1-4H3/t15-/m1/s1. The van der Waals surface area contributed by atoms with E-state index in [4.69, 9.17) is 27.0 Å². The Kier molecular flexibility index (Phi) is 5.99. The Hall–Kier alpha value is -2.55. The summed E-state index contributed by atoms with van der Waals surface area (Å²) in [7, 11) is 3.75. The molecule has 0 fully saturated rings. The summed E-state index contributed by atoms with van der Waals surface area (Å²) in [6.45, 7) is 5.61. The summed E-state index contributed by atoms with van der Waals surface area (Å²) in [6.07, 6.45) is 0. The lowest BCUT2D eigenvalue weighted by Crippen LogP contribution is -2.26. The van der Waals surface area contributed by atoms with Gasteiger partial charge in [-0.25, -0.2) is 9.67 Å². The van der Waals surface area contributed by atoms with E-state index in [-0.39, 0.29) is 6.04 Å². The van der Waals surface area contributed by atoms with E-state index in [9.17, 15) is 0 Å². The monoisotopic (exact) mass is 439 g/mol. The zero-order chi connectivity index (χ0) is 21.3. The predicted octanol–water partition coefficient (Wildman–Crippen LogP) is 5.37. The molecule has 2 aromatic carbocycles. The molecular weight excluding hydrogens is 414 g/mol. The van der Waals surface area contributed by atoms with Crippen LogP contribution in [0.1, 0.15) is 24.9 Å². The van der Waals surface area contributed by atoms with Gasteiger partial charge in [-0.05, 0) is 69.5 Å². The van der Waals surface area contributed by atoms with Crippen LogP contribution in [0.15, 0.2) is 48.5 Å². The van der Waals surface area contributed by atoms with E-state index in [0.29, 0.717) is 11.4 Å². The van der Waals surface area contributed by atoms with Gasteiger partial charge in [0.2, 0.25) is 0 Å². The van der Waals surface area contributed by atoms with Crippen molar-refractivity contribution in [3.63, 3.8) is 0 Å². The highest BCUT2D eigenvalue weighted by Crippen LogP contribution is 2.29. The molecule has 4 aromatic rings. The molecule has 0 N–H and O–H groups in total. The first-order valence-electron chi connectivity index (χ1n) is 9.89. The molecule has 2 heterocycles. The van der Waals surface area contributed by atoms with Crippen molar-refractivity contribution in [2.24, 2.45) is 0 Å². The lowest BCUT2D eigenvalue weighted by Gasteiger charge is -2.22. The molecule has 0 aliphatic heterocycles. The third kappa shape index (κ3) is 3.90. The summed E-state index contributed by atoms with van der Waals surface area (Å²) in [6, 6.07) is 16.3. The number of methoxy groups -OCH3 is 1. The molecule has 156 valence electrons. The molecule has 0 bridgehead atoms. The van der Waals surface area contributed by atoms with Gasteiger partial charge in [-0.1, -0.05) is 12.1 Å². The van der Waals surface area contributed by atoms with Gasteiger partial charge in [0.05, 0.1) is 30.0 Å². The van der Waals surface area contributed by atoms with Crippen molar-refractivity contribution < 1.29 is 4.74 Å². The van der Waals surface area contributed by atoms with Gasteiger partial charge in [0.1, 0.15) is 10.8 Å². The van der Waals surface area contributed by atoms with Crippen molar-refractivity contribution in [3.05, 3.63) is 58.3 Å². The van der Waals surface area contributed by atoms with Crippen LogP contribution in [-0.2, 0) is 13.2 Å². The summed E-state index contributed by atoms with van der Waals surface area (Å²) in [5.41, 5.74) is 2.07. The molecule has 0 radical (unpaired) electrons. The van der Waals surface area contributed by atoms with Crippen molar-refractivity contribution in [3.8, 4) is 17.1 Å². The Labute approximate surface area is 185 Å².